The third-order valence-corrected chi connectivity index (χ3v) is 3.44. The molecule has 2 N–H and O–H groups in total. The zero-order valence-corrected chi connectivity index (χ0v) is 9.80. The second-order valence-corrected chi connectivity index (χ2v) is 4.59. The van der Waals surface area contributed by atoms with Crippen LogP contribution in [-0.4, -0.2) is 21.2 Å². The second-order valence-electron chi connectivity index (χ2n) is 4.59. The average Bonchev–Trinajstić information content (AvgIpc) is 2.42. The Bertz CT molecular complexity index is 494. The minimum absolute atomic E-state index is 0.124. The van der Waals surface area contributed by atoms with E-state index in [-0.39, 0.29) is 6.29 Å². The molecule has 5 nitrogen and oxygen atoms in total. The minimum Gasteiger partial charge on any atom is -0.351 e. The molecule has 0 unspecified atom stereocenters. The molecule has 18 heavy (non-hydrogen) atoms. The number of hydrogen-bond donors (Lipinski definition) is 2. The SMILES string of the molecule is c1cnc2c(c1)NC1Nc3cccnc3CN1C2. The minimum atomic E-state index is 0.124. The summed E-state index contributed by atoms with van der Waals surface area (Å²) in [5, 5.41) is 6.93. The number of nitrogens with one attached hydrogen (secondary N) is 2. The highest BCUT2D eigenvalue weighted by molar-refractivity contribution is 5.56. The maximum absolute atomic E-state index is 4.41. The number of anilines is 2. The molecule has 0 fully saturated rings. The topological polar surface area (TPSA) is 53.1 Å². The first kappa shape index (κ1) is 9.85. The molecule has 90 valence electrons. The van der Waals surface area contributed by atoms with Crippen LogP contribution in [0.1, 0.15) is 11.4 Å². The van der Waals surface area contributed by atoms with Crippen molar-refractivity contribution in [3.05, 3.63) is 48.0 Å². The lowest BCUT2D eigenvalue weighted by Crippen LogP contribution is -2.51. The summed E-state index contributed by atoms with van der Waals surface area (Å²) in [6, 6.07) is 8.06. The lowest BCUT2D eigenvalue weighted by atomic mass is 10.1. The summed E-state index contributed by atoms with van der Waals surface area (Å²) in [5.74, 6) is 0. The van der Waals surface area contributed by atoms with Gasteiger partial charge in [0.1, 0.15) is 0 Å². The zero-order chi connectivity index (χ0) is 11.9. The Labute approximate surface area is 105 Å². The molecule has 5 heteroatoms. The van der Waals surface area contributed by atoms with E-state index in [4.69, 9.17) is 0 Å². The van der Waals surface area contributed by atoms with Crippen LogP contribution in [0.25, 0.3) is 0 Å². The number of pyridine rings is 2. The third-order valence-electron chi connectivity index (χ3n) is 3.44. The fourth-order valence-corrected chi connectivity index (χ4v) is 2.53. The number of rotatable bonds is 0. The Morgan fingerprint density at radius 2 is 1.50 bits per heavy atom. The largest absolute Gasteiger partial charge is 0.351 e. The summed E-state index contributed by atoms with van der Waals surface area (Å²) in [7, 11) is 0. The Morgan fingerprint density at radius 1 is 0.944 bits per heavy atom. The lowest BCUT2D eigenvalue weighted by molar-refractivity contribution is 0.192. The van der Waals surface area contributed by atoms with Crippen LogP contribution in [0.4, 0.5) is 11.4 Å². The van der Waals surface area contributed by atoms with Crippen molar-refractivity contribution in [3.8, 4) is 0 Å². The van der Waals surface area contributed by atoms with Crippen molar-refractivity contribution in [3.63, 3.8) is 0 Å². The van der Waals surface area contributed by atoms with Gasteiger partial charge in [-0.3, -0.25) is 14.9 Å². The Morgan fingerprint density at radius 3 is 2.06 bits per heavy atom. The van der Waals surface area contributed by atoms with Crippen molar-refractivity contribution in [2.24, 2.45) is 0 Å². The molecule has 0 radical (unpaired) electrons. The fraction of sp³-hybridized carbons (Fsp3) is 0.231. The molecular weight excluding hydrogens is 226 g/mol. The van der Waals surface area contributed by atoms with Crippen molar-refractivity contribution >= 4 is 11.4 Å². The number of fused-ring (bicyclic) bond motifs is 3. The van der Waals surface area contributed by atoms with E-state index in [9.17, 15) is 0 Å². The number of hydrogen-bond acceptors (Lipinski definition) is 5. The van der Waals surface area contributed by atoms with Gasteiger partial charge in [0.15, 0.2) is 6.29 Å². The van der Waals surface area contributed by atoms with Crippen molar-refractivity contribution in [1.82, 2.24) is 14.9 Å². The van der Waals surface area contributed by atoms with Gasteiger partial charge >= 0.3 is 0 Å². The molecular formula is C13H13N5. The van der Waals surface area contributed by atoms with Crippen LogP contribution < -0.4 is 10.6 Å². The predicted molar refractivity (Wildman–Crippen MR) is 68.8 cm³/mol. The standard InChI is InChI=1S/C13H13N5/c1-3-9-11(14-5-1)7-18-8-12-10(4-2-6-15-12)17-13(18)16-9/h1-6,13,16-17H,7-8H2. The molecule has 4 rings (SSSR count). The first-order valence-electron chi connectivity index (χ1n) is 6.05. The van der Waals surface area contributed by atoms with Gasteiger partial charge in [0.05, 0.1) is 22.8 Å². The van der Waals surface area contributed by atoms with Gasteiger partial charge in [-0.15, -0.1) is 0 Å². The average molecular weight is 239 g/mol. The van der Waals surface area contributed by atoms with E-state index in [1.165, 1.54) is 0 Å². The van der Waals surface area contributed by atoms with Crippen molar-refractivity contribution < 1.29 is 0 Å². The molecule has 4 heterocycles. The van der Waals surface area contributed by atoms with Crippen molar-refractivity contribution in [2.45, 2.75) is 19.4 Å². The highest BCUT2D eigenvalue weighted by Gasteiger charge is 2.30. The first-order chi connectivity index (χ1) is 8.90. The molecule has 2 aliphatic heterocycles. The van der Waals surface area contributed by atoms with Gasteiger partial charge in [-0.2, -0.15) is 0 Å². The Kier molecular flexibility index (Phi) is 2.01. The molecule has 0 amide bonds. The van der Waals surface area contributed by atoms with Gasteiger partial charge < -0.3 is 10.6 Å². The Balaban J connectivity index is 1.70. The van der Waals surface area contributed by atoms with Crippen LogP contribution in [0.5, 0.6) is 0 Å². The summed E-state index contributed by atoms with van der Waals surface area (Å²) < 4.78 is 0. The summed E-state index contributed by atoms with van der Waals surface area (Å²) in [6.45, 7) is 1.69. The second kappa shape index (κ2) is 3.68. The van der Waals surface area contributed by atoms with Gasteiger partial charge in [0, 0.05) is 25.5 Å². The molecule has 0 bridgehead atoms. The normalized spacial score (nSPS) is 18.0. The highest BCUT2D eigenvalue weighted by atomic mass is 15.4. The molecule has 0 saturated carbocycles. The number of aromatic nitrogens is 2. The summed E-state index contributed by atoms with van der Waals surface area (Å²) in [4.78, 5) is 11.1. The van der Waals surface area contributed by atoms with Crippen LogP contribution in [0, 0.1) is 0 Å². The van der Waals surface area contributed by atoms with Crippen LogP contribution in [-0.2, 0) is 13.1 Å². The van der Waals surface area contributed by atoms with Gasteiger partial charge in [-0.1, -0.05) is 0 Å². The summed E-state index contributed by atoms with van der Waals surface area (Å²) >= 11 is 0. The fourth-order valence-electron chi connectivity index (χ4n) is 2.53. The highest BCUT2D eigenvalue weighted by Crippen LogP contribution is 2.30. The first-order valence-corrected chi connectivity index (χ1v) is 6.05. The van der Waals surface area contributed by atoms with Gasteiger partial charge in [0.25, 0.3) is 0 Å². The quantitative estimate of drug-likeness (QED) is 0.731. The molecule has 0 aliphatic carbocycles. The van der Waals surface area contributed by atoms with E-state index in [1.807, 2.05) is 24.5 Å². The van der Waals surface area contributed by atoms with Gasteiger partial charge in [-0.05, 0) is 24.3 Å². The van der Waals surface area contributed by atoms with E-state index >= 15 is 0 Å². The smallest absolute Gasteiger partial charge is 0.156 e. The lowest BCUT2D eigenvalue weighted by Gasteiger charge is -2.41. The van der Waals surface area contributed by atoms with Crippen LogP contribution in [0.2, 0.25) is 0 Å². The molecule has 0 saturated heterocycles. The molecule has 2 aliphatic rings. The molecule has 0 spiro atoms. The number of nitrogens with zero attached hydrogens (tertiary/aromatic N) is 3. The van der Waals surface area contributed by atoms with Crippen LogP contribution >= 0.6 is 0 Å². The van der Waals surface area contributed by atoms with Gasteiger partial charge in [-0.25, -0.2) is 0 Å². The predicted octanol–water partition coefficient (Wildman–Crippen LogP) is 1.61. The summed E-state index contributed by atoms with van der Waals surface area (Å²) in [6.07, 6.45) is 3.80. The molecule has 0 aromatic carbocycles. The maximum Gasteiger partial charge on any atom is 0.156 e. The van der Waals surface area contributed by atoms with Crippen molar-refractivity contribution in [1.29, 1.82) is 0 Å². The van der Waals surface area contributed by atoms with Crippen LogP contribution in [0.15, 0.2) is 36.7 Å². The van der Waals surface area contributed by atoms with E-state index in [0.29, 0.717) is 0 Å². The monoisotopic (exact) mass is 239 g/mol. The molecule has 2 aromatic heterocycles. The Hall–Kier alpha value is -2.14. The zero-order valence-electron chi connectivity index (χ0n) is 9.80. The van der Waals surface area contributed by atoms with Gasteiger partial charge in [0.2, 0.25) is 0 Å². The van der Waals surface area contributed by atoms with E-state index < -0.39 is 0 Å². The third kappa shape index (κ3) is 1.44. The molecule has 0 atom stereocenters. The van der Waals surface area contributed by atoms with Crippen LogP contribution in [0.3, 0.4) is 0 Å². The van der Waals surface area contributed by atoms with Crippen molar-refractivity contribution in [2.75, 3.05) is 10.6 Å². The molecule has 2 aromatic rings. The van der Waals surface area contributed by atoms with E-state index in [1.54, 1.807) is 0 Å². The summed E-state index contributed by atoms with van der Waals surface area (Å²) in [5.41, 5.74) is 4.40. The van der Waals surface area contributed by atoms with E-state index in [0.717, 1.165) is 35.9 Å². The maximum atomic E-state index is 4.41. The van der Waals surface area contributed by atoms with E-state index in [2.05, 4.69) is 37.6 Å².